The second kappa shape index (κ2) is 8.08. The number of rotatable bonds is 4. The predicted molar refractivity (Wildman–Crippen MR) is 96.9 cm³/mol. The molecule has 0 radical (unpaired) electrons. The first kappa shape index (κ1) is 17.4. The van der Waals surface area contributed by atoms with Gasteiger partial charge in [-0.05, 0) is 36.4 Å². The van der Waals surface area contributed by atoms with Crippen LogP contribution in [0.1, 0.15) is 12.0 Å². The van der Waals surface area contributed by atoms with Gasteiger partial charge in [0.15, 0.2) is 0 Å². The Kier molecular flexibility index (Phi) is 5.40. The van der Waals surface area contributed by atoms with Crippen molar-refractivity contribution in [2.75, 3.05) is 6.54 Å². The highest BCUT2D eigenvalue weighted by molar-refractivity contribution is 5.77. The second-order valence-corrected chi connectivity index (χ2v) is 5.60. The summed E-state index contributed by atoms with van der Waals surface area (Å²) in [5, 5.41) is 3.20. The first-order valence-corrected chi connectivity index (χ1v) is 8.09. The minimum absolute atomic E-state index is 0.151. The van der Waals surface area contributed by atoms with Crippen molar-refractivity contribution < 1.29 is 9.18 Å². The number of amides is 1. The molecule has 130 valence electrons. The van der Waals surface area contributed by atoms with Crippen LogP contribution in [0.15, 0.2) is 59.7 Å². The zero-order valence-corrected chi connectivity index (χ0v) is 13.9. The summed E-state index contributed by atoms with van der Waals surface area (Å²) in [4.78, 5) is 28.4. The maximum absolute atomic E-state index is 12.8. The van der Waals surface area contributed by atoms with Crippen LogP contribution in [-0.4, -0.2) is 22.0 Å². The monoisotopic (exact) mass is 349 g/mol. The van der Waals surface area contributed by atoms with E-state index in [9.17, 15) is 14.0 Å². The molecule has 26 heavy (non-hydrogen) atoms. The third-order valence-electron chi connectivity index (χ3n) is 3.76. The topological polar surface area (TPSA) is 64.0 Å². The normalized spacial score (nSPS) is 10.2. The SMILES string of the molecule is O=C(CCn1cnc2ccccc2c1=O)NCC#Cc1ccc(F)cc1. The number of carbonyl (C=O) groups excluding carboxylic acids is 1. The molecule has 0 aliphatic rings. The number of aryl methyl sites for hydroxylation is 1. The number of hydrogen-bond donors (Lipinski definition) is 1. The van der Waals surface area contributed by atoms with Crippen LogP contribution in [0.25, 0.3) is 10.9 Å². The maximum Gasteiger partial charge on any atom is 0.261 e. The fraction of sp³-hybridized carbons (Fsp3) is 0.150. The Bertz CT molecular complexity index is 1050. The summed E-state index contributed by atoms with van der Waals surface area (Å²) in [6, 6.07) is 12.9. The Morgan fingerprint density at radius 2 is 1.92 bits per heavy atom. The molecule has 0 aliphatic carbocycles. The first-order valence-electron chi connectivity index (χ1n) is 8.09. The standard InChI is InChI=1S/C20H16FN3O2/c21-16-9-7-15(8-10-16)4-3-12-22-19(25)11-13-24-14-23-18-6-2-1-5-17(18)20(24)26/h1-2,5-10,14H,11-13H2,(H,22,25). The van der Waals surface area contributed by atoms with Gasteiger partial charge in [-0.15, -0.1) is 0 Å². The maximum atomic E-state index is 12.8. The van der Waals surface area contributed by atoms with E-state index in [4.69, 9.17) is 0 Å². The van der Waals surface area contributed by atoms with Gasteiger partial charge in [0.25, 0.3) is 5.56 Å². The van der Waals surface area contributed by atoms with Gasteiger partial charge in [-0.3, -0.25) is 14.2 Å². The summed E-state index contributed by atoms with van der Waals surface area (Å²) < 4.78 is 14.2. The zero-order chi connectivity index (χ0) is 18.4. The number of para-hydroxylation sites is 1. The van der Waals surface area contributed by atoms with Gasteiger partial charge in [0, 0.05) is 18.5 Å². The fourth-order valence-corrected chi connectivity index (χ4v) is 2.40. The van der Waals surface area contributed by atoms with Crippen LogP contribution in [0.3, 0.4) is 0 Å². The van der Waals surface area contributed by atoms with Gasteiger partial charge < -0.3 is 5.32 Å². The molecule has 0 bridgehead atoms. The Balaban J connectivity index is 1.52. The van der Waals surface area contributed by atoms with Crippen molar-refractivity contribution in [2.45, 2.75) is 13.0 Å². The summed E-state index contributed by atoms with van der Waals surface area (Å²) in [6.07, 6.45) is 1.60. The number of nitrogens with zero attached hydrogens (tertiary/aromatic N) is 2. The summed E-state index contributed by atoms with van der Waals surface area (Å²) in [5.41, 5.74) is 1.14. The highest BCUT2D eigenvalue weighted by Crippen LogP contribution is 2.04. The van der Waals surface area contributed by atoms with E-state index in [0.717, 1.165) is 0 Å². The Labute approximate surface area is 149 Å². The molecule has 1 aromatic heterocycles. The summed E-state index contributed by atoms with van der Waals surface area (Å²) >= 11 is 0. The van der Waals surface area contributed by atoms with E-state index in [1.807, 2.05) is 6.07 Å². The molecule has 0 unspecified atom stereocenters. The summed E-state index contributed by atoms with van der Waals surface area (Å²) in [7, 11) is 0. The van der Waals surface area contributed by atoms with Crippen molar-refractivity contribution in [3.8, 4) is 11.8 Å². The lowest BCUT2D eigenvalue weighted by Gasteiger charge is -2.06. The summed E-state index contributed by atoms with van der Waals surface area (Å²) in [5.74, 6) is 5.11. The predicted octanol–water partition coefficient (Wildman–Crippen LogP) is 2.09. The van der Waals surface area contributed by atoms with Crippen LogP contribution in [-0.2, 0) is 11.3 Å². The molecular weight excluding hydrogens is 333 g/mol. The van der Waals surface area contributed by atoms with Crippen LogP contribution in [0.2, 0.25) is 0 Å². The largest absolute Gasteiger partial charge is 0.345 e. The average molecular weight is 349 g/mol. The highest BCUT2D eigenvalue weighted by atomic mass is 19.1. The Hall–Kier alpha value is -3.46. The molecule has 0 spiro atoms. The number of fused-ring (bicyclic) bond motifs is 1. The number of aromatic nitrogens is 2. The number of carbonyl (C=O) groups is 1. The van der Waals surface area contributed by atoms with Crippen molar-refractivity contribution in [3.63, 3.8) is 0 Å². The van der Waals surface area contributed by atoms with E-state index in [1.165, 1.54) is 23.0 Å². The van der Waals surface area contributed by atoms with Crippen LogP contribution in [0.5, 0.6) is 0 Å². The second-order valence-electron chi connectivity index (χ2n) is 5.60. The molecule has 1 N–H and O–H groups in total. The van der Waals surface area contributed by atoms with E-state index >= 15 is 0 Å². The van der Waals surface area contributed by atoms with Crippen LogP contribution in [0, 0.1) is 17.7 Å². The van der Waals surface area contributed by atoms with E-state index in [-0.39, 0.29) is 36.8 Å². The quantitative estimate of drug-likeness (QED) is 0.734. The fourth-order valence-electron chi connectivity index (χ4n) is 2.40. The molecule has 6 heteroatoms. The van der Waals surface area contributed by atoms with Crippen LogP contribution in [0.4, 0.5) is 4.39 Å². The van der Waals surface area contributed by atoms with E-state index in [0.29, 0.717) is 16.5 Å². The molecule has 2 aromatic carbocycles. The lowest BCUT2D eigenvalue weighted by atomic mass is 10.2. The number of hydrogen-bond acceptors (Lipinski definition) is 3. The van der Waals surface area contributed by atoms with Crippen LogP contribution >= 0.6 is 0 Å². The van der Waals surface area contributed by atoms with Gasteiger partial charge >= 0.3 is 0 Å². The Morgan fingerprint density at radius 3 is 2.73 bits per heavy atom. The van der Waals surface area contributed by atoms with Crippen molar-refractivity contribution in [1.82, 2.24) is 14.9 Å². The molecule has 3 aromatic rings. The minimum atomic E-state index is -0.317. The lowest BCUT2D eigenvalue weighted by Crippen LogP contribution is -2.27. The van der Waals surface area contributed by atoms with Gasteiger partial charge in [-0.2, -0.15) is 0 Å². The molecule has 0 saturated carbocycles. The van der Waals surface area contributed by atoms with Crippen LogP contribution < -0.4 is 10.9 Å². The minimum Gasteiger partial charge on any atom is -0.345 e. The molecule has 0 atom stereocenters. The van der Waals surface area contributed by atoms with Crippen molar-refractivity contribution >= 4 is 16.8 Å². The molecule has 1 heterocycles. The van der Waals surface area contributed by atoms with Gasteiger partial charge in [0.2, 0.25) is 5.91 Å². The number of nitrogens with one attached hydrogen (secondary N) is 1. The number of halogens is 1. The van der Waals surface area contributed by atoms with Gasteiger partial charge in [0.05, 0.1) is 23.8 Å². The molecule has 3 rings (SSSR count). The smallest absolute Gasteiger partial charge is 0.261 e. The van der Waals surface area contributed by atoms with Crippen molar-refractivity contribution in [2.24, 2.45) is 0 Å². The third-order valence-corrected chi connectivity index (χ3v) is 3.76. The zero-order valence-electron chi connectivity index (χ0n) is 13.9. The molecule has 5 nitrogen and oxygen atoms in total. The van der Waals surface area contributed by atoms with E-state index in [2.05, 4.69) is 22.1 Å². The van der Waals surface area contributed by atoms with Crippen molar-refractivity contribution in [1.29, 1.82) is 0 Å². The van der Waals surface area contributed by atoms with Crippen molar-refractivity contribution in [3.05, 3.63) is 76.6 Å². The third kappa shape index (κ3) is 4.33. The van der Waals surface area contributed by atoms with E-state index in [1.54, 1.807) is 30.3 Å². The molecule has 0 fully saturated rings. The number of benzene rings is 2. The molecule has 0 saturated heterocycles. The Morgan fingerprint density at radius 1 is 1.15 bits per heavy atom. The molecule has 1 amide bonds. The molecular formula is C20H16FN3O2. The van der Waals surface area contributed by atoms with E-state index < -0.39 is 0 Å². The van der Waals surface area contributed by atoms with Gasteiger partial charge in [-0.25, -0.2) is 9.37 Å². The average Bonchev–Trinajstić information content (AvgIpc) is 2.66. The molecule has 0 aliphatic heterocycles. The first-order chi connectivity index (χ1) is 12.6. The van der Waals surface area contributed by atoms with Gasteiger partial charge in [-0.1, -0.05) is 24.0 Å². The van der Waals surface area contributed by atoms with Gasteiger partial charge in [0.1, 0.15) is 5.82 Å². The highest BCUT2D eigenvalue weighted by Gasteiger charge is 2.05. The summed E-state index contributed by atoms with van der Waals surface area (Å²) in [6.45, 7) is 0.426. The lowest BCUT2D eigenvalue weighted by molar-refractivity contribution is -0.121.